The Balaban J connectivity index is 0.00000176. The highest BCUT2D eigenvalue weighted by molar-refractivity contribution is 5.44. The van der Waals surface area contributed by atoms with Crippen LogP contribution in [0.4, 0.5) is 8.78 Å². The van der Waals surface area contributed by atoms with Gasteiger partial charge < -0.3 is 19.5 Å². The van der Waals surface area contributed by atoms with Gasteiger partial charge in [-0.25, -0.2) is 0 Å². The lowest BCUT2D eigenvalue weighted by molar-refractivity contribution is -0.0507. The molecule has 0 fully saturated rings. The van der Waals surface area contributed by atoms with Crippen LogP contribution in [-0.4, -0.2) is 20.8 Å². The van der Waals surface area contributed by atoms with Gasteiger partial charge in [-0.15, -0.1) is 0 Å². The van der Waals surface area contributed by atoms with E-state index in [0.717, 1.165) is 22.6 Å². The van der Waals surface area contributed by atoms with Crippen LogP contribution < -0.4 is 19.5 Å². The third kappa shape index (κ3) is 6.71. The van der Waals surface area contributed by atoms with Crippen LogP contribution in [0.5, 0.6) is 17.2 Å². The van der Waals surface area contributed by atoms with E-state index in [1.54, 1.807) is 28.1 Å². The standard InChI is InChI=1S/C19H23F2NO3.C2H6/c1-12-7-14(8-13(2)18(12)25-19(20)21)10-22-11-15-5-6-16(23-3)9-17(15)24-4;1-2/h5-9,19,22H,10-11H2,1-4H3;1-2H3. The van der Waals surface area contributed by atoms with E-state index in [1.165, 1.54) is 0 Å². The minimum atomic E-state index is -2.82. The van der Waals surface area contributed by atoms with E-state index < -0.39 is 6.61 Å². The third-order valence-corrected chi connectivity index (χ3v) is 3.87. The summed E-state index contributed by atoms with van der Waals surface area (Å²) in [5.41, 5.74) is 3.40. The molecule has 0 unspecified atom stereocenters. The molecule has 0 aliphatic heterocycles. The van der Waals surface area contributed by atoms with Gasteiger partial charge in [0.15, 0.2) is 0 Å². The van der Waals surface area contributed by atoms with Gasteiger partial charge in [-0.2, -0.15) is 8.78 Å². The van der Waals surface area contributed by atoms with Crippen LogP contribution in [0.1, 0.15) is 36.1 Å². The van der Waals surface area contributed by atoms with Crippen molar-refractivity contribution in [3.63, 3.8) is 0 Å². The Kier molecular flexibility index (Phi) is 9.58. The van der Waals surface area contributed by atoms with Crippen LogP contribution >= 0.6 is 0 Å². The highest BCUT2D eigenvalue weighted by Gasteiger charge is 2.12. The lowest BCUT2D eigenvalue weighted by Crippen LogP contribution is -2.14. The highest BCUT2D eigenvalue weighted by Crippen LogP contribution is 2.27. The molecule has 1 N–H and O–H groups in total. The largest absolute Gasteiger partial charge is 0.497 e. The molecule has 0 aliphatic carbocycles. The van der Waals surface area contributed by atoms with Gasteiger partial charge in [-0.05, 0) is 36.6 Å². The van der Waals surface area contributed by atoms with E-state index in [0.29, 0.717) is 24.2 Å². The third-order valence-electron chi connectivity index (χ3n) is 3.87. The van der Waals surface area contributed by atoms with Gasteiger partial charge in [-0.3, -0.25) is 0 Å². The number of alkyl halides is 2. The summed E-state index contributed by atoms with van der Waals surface area (Å²) in [6.45, 7) is 5.93. The smallest absolute Gasteiger partial charge is 0.387 e. The Bertz CT molecular complexity index is 698. The topological polar surface area (TPSA) is 39.7 Å². The van der Waals surface area contributed by atoms with Crippen molar-refractivity contribution in [2.75, 3.05) is 14.2 Å². The molecule has 0 amide bonds. The first-order valence-corrected chi connectivity index (χ1v) is 8.91. The number of methoxy groups -OCH3 is 2. The monoisotopic (exact) mass is 381 g/mol. The van der Waals surface area contributed by atoms with Gasteiger partial charge in [-0.1, -0.05) is 32.0 Å². The maximum Gasteiger partial charge on any atom is 0.387 e. The van der Waals surface area contributed by atoms with Gasteiger partial charge in [0.25, 0.3) is 0 Å². The number of benzene rings is 2. The molecule has 2 rings (SSSR count). The number of aryl methyl sites for hydroxylation is 2. The van der Waals surface area contributed by atoms with E-state index in [1.807, 2.05) is 44.2 Å². The maximum absolute atomic E-state index is 12.4. The molecule has 0 aromatic heterocycles. The predicted octanol–water partition coefficient (Wildman–Crippen LogP) is 5.24. The number of ether oxygens (including phenoxy) is 3. The molecule has 0 radical (unpaired) electrons. The Labute approximate surface area is 160 Å². The van der Waals surface area contributed by atoms with E-state index in [4.69, 9.17) is 9.47 Å². The summed E-state index contributed by atoms with van der Waals surface area (Å²) in [6, 6.07) is 9.36. The summed E-state index contributed by atoms with van der Waals surface area (Å²) in [5.74, 6) is 1.73. The van der Waals surface area contributed by atoms with Gasteiger partial charge >= 0.3 is 6.61 Å². The van der Waals surface area contributed by atoms with E-state index >= 15 is 0 Å². The van der Waals surface area contributed by atoms with Crippen molar-refractivity contribution in [1.29, 1.82) is 0 Å². The van der Waals surface area contributed by atoms with Crippen LogP contribution in [0, 0.1) is 13.8 Å². The predicted molar refractivity (Wildman–Crippen MR) is 104 cm³/mol. The zero-order chi connectivity index (χ0) is 20.4. The number of halogens is 2. The number of rotatable bonds is 8. The average molecular weight is 381 g/mol. The summed E-state index contributed by atoms with van der Waals surface area (Å²) in [6.07, 6.45) is 0. The quantitative estimate of drug-likeness (QED) is 0.679. The minimum Gasteiger partial charge on any atom is -0.497 e. The van der Waals surface area contributed by atoms with Crippen LogP contribution in [-0.2, 0) is 13.1 Å². The van der Waals surface area contributed by atoms with E-state index in [2.05, 4.69) is 10.1 Å². The molecule has 0 saturated carbocycles. The van der Waals surface area contributed by atoms with Gasteiger partial charge in [0.05, 0.1) is 14.2 Å². The number of nitrogens with one attached hydrogen (secondary N) is 1. The van der Waals surface area contributed by atoms with Crippen LogP contribution in [0.2, 0.25) is 0 Å². The molecule has 0 saturated heterocycles. The van der Waals surface area contributed by atoms with Gasteiger partial charge in [0.1, 0.15) is 17.2 Å². The zero-order valence-electron chi connectivity index (χ0n) is 16.9. The first-order chi connectivity index (χ1) is 12.9. The van der Waals surface area contributed by atoms with E-state index in [-0.39, 0.29) is 5.75 Å². The highest BCUT2D eigenvalue weighted by atomic mass is 19.3. The first kappa shape index (κ1) is 22.7. The normalized spacial score (nSPS) is 10.3. The second kappa shape index (κ2) is 11.4. The second-order valence-corrected chi connectivity index (χ2v) is 5.72. The van der Waals surface area contributed by atoms with Gasteiger partial charge in [0.2, 0.25) is 0 Å². The van der Waals surface area contributed by atoms with Crippen molar-refractivity contribution in [3.05, 3.63) is 52.6 Å². The van der Waals surface area contributed by atoms with Gasteiger partial charge in [0, 0.05) is 24.7 Å². The molecule has 6 heteroatoms. The average Bonchev–Trinajstić information content (AvgIpc) is 2.66. The Morgan fingerprint density at radius 1 is 0.926 bits per heavy atom. The van der Waals surface area contributed by atoms with Crippen molar-refractivity contribution in [3.8, 4) is 17.2 Å². The molecule has 0 spiro atoms. The summed E-state index contributed by atoms with van der Waals surface area (Å²) < 4.78 is 40.0. The molecule has 0 heterocycles. The lowest BCUT2D eigenvalue weighted by Gasteiger charge is -2.14. The summed E-state index contributed by atoms with van der Waals surface area (Å²) in [4.78, 5) is 0. The van der Waals surface area contributed by atoms with Crippen molar-refractivity contribution in [1.82, 2.24) is 5.32 Å². The molecule has 0 bridgehead atoms. The van der Waals surface area contributed by atoms with Crippen molar-refractivity contribution in [2.45, 2.75) is 47.4 Å². The SMILES string of the molecule is CC.COc1ccc(CNCc2cc(C)c(OC(F)F)c(C)c2)c(OC)c1. The van der Waals surface area contributed by atoms with E-state index in [9.17, 15) is 8.78 Å². The molecule has 0 atom stereocenters. The summed E-state index contributed by atoms with van der Waals surface area (Å²) >= 11 is 0. The fourth-order valence-corrected chi connectivity index (χ4v) is 2.76. The zero-order valence-corrected chi connectivity index (χ0v) is 16.9. The Hall–Kier alpha value is -2.34. The molecular weight excluding hydrogens is 352 g/mol. The first-order valence-electron chi connectivity index (χ1n) is 8.91. The minimum absolute atomic E-state index is 0.246. The van der Waals surface area contributed by atoms with Crippen molar-refractivity contribution >= 4 is 0 Å². The Morgan fingerprint density at radius 3 is 2.07 bits per heavy atom. The molecule has 150 valence electrons. The maximum atomic E-state index is 12.4. The second-order valence-electron chi connectivity index (χ2n) is 5.72. The molecule has 2 aromatic carbocycles. The van der Waals surface area contributed by atoms with Crippen LogP contribution in [0.3, 0.4) is 0 Å². The van der Waals surface area contributed by atoms with Crippen LogP contribution in [0.25, 0.3) is 0 Å². The molecule has 4 nitrogen and oxygen atoms in total. The fourth-order valence-electron chi connectivity index (χ4n) is 2.76. The molecule has 0 aliphatic rings. The number of hydrogen-bond acceptors (Lipinski definition) is 4. The van der Waals surface area contributed by atoms with Crippen molar-refractivity contribution in [2.24, 2.45) is 0 Å². The van der Waals surface area contributed by atoms with Crippen LogP contribution in [0.15, 0.2) is 30.3 Å². The summed E-state index contributed by atoms with van der Waals surface area (Å²) in [5, 5.41) is 3.34. The number of hydrogen-bond donors (Lipinski definition) is 1. The molecule has 2 aromatic rings. The fraction of sp³-hybridized carbons (Fsp3) is 0.429. The van der Waals surface area contributed by atoms with Crippen molar-refractivity contribution < 1.29 is 23.0 Å². The summed E-state index contributed by atoms with van der Waals surface area (Å²) in [7, 11) is 3.23. The molecular formula is C21H29F2NO3. The molecule has 27 heavy (non-hydrogen) atoms. The Morgan fingerprint density at radius 2 is 1.56 bits per heavy atom. The lowest BCUT2D eigenvalue weighted by atomic mass is 10.1.